The Hall–Kier alpha value is -1.83. The number of carbonyl (C=O) groups is 1. The first-order valence-electron chi connectivity index (χ1n) is 5.73. The highest BCUT2D eigenvalue weighted by Crippen LogP contribution is 2.23. The van der Waals surface area contributed by atoms with Gasteiger partial charge >= 0.3 is 6.18 Å². The Balaban J connectivity index is 3.09. The third-order valence-electron chi connectivity index (χ3n) is 2.52. The maximum atomic E-state index is 13.5. The van der Waals surface area contributed by atoms with E-state index in [1.807, 2.05) is 0 Å². The van der Waals surface area contributed by atoms with Crippen LogP contribution in [-0.4, -0.2) is 48.8 Å². The van der Waals surface area contributed by atoms with Gasteiger partial charge in [0.15, 0.2) is 0 Å². The van der Waals surface area contributed by atoms with E-state index in [2.05, 4.69) is 5.32 Å². The Morgan fingerprint density at radius 1 is 1.40 bits per heavy atom. The first-order valence-corrected chi connectivity index (χ1v) is 5.73. The van der Waals surface area contributed by atoms with Gasteiger partial charge in [0.1, 0.15) is 12.4 Å². The fourth-order valence-electron chi connectivity index (χ4n) is 1.72. The molecule has 1 amide bonds. The van der Waals surface area contributed by atoms with E-state index in [4.69, 9.17) is 5.11 Å². The van der Waals surface area contributed by atoms with Crippen LogP contribution in [0.4, 0.5) is 23.2 Å². The molecule has 0 saturated heterocycles. The van der Waals surface area contributed by atoms with Gasteiger partial charge in [-0.3, -0.25) is 4.79 Å². The fraction of sp³-hybridized carbons (Fsp3) is 0.417. The van der Waals surface area contributed by atoms with Crippen molar-refractivity contribution in [3.8, 4) is 0 Å². The van der Waals surface area contributed by atoms with Crippen molar-refractivity contribution in [1.82, 2.24) is 4.90 Å². The van der Waals surface area contributed by atoms with Gasteiger partial charge in [0, 0.05) is 13.6 Å². The van der Waals surface area contributed by atoms with E-state index in [-0.39, 0.29) is 11.3 Å². The van der Waals surface area contributed by atoms with E-state index >= 15 is 0 Å². The molecule has 0 radical (unpaired) electrons. The molecule has 0 atom stereocenters. The molecule has 0 bridgehead atoms. The van der Waals surface area contributed by atoms with Crippen molar-refractivity contribution in [2.45, 2.75) is 6.18 Å². The van der Waals surface area contributed by atoms with Gasteiger partial charge in [-0.15, -0.1) is 0 Å². The molecule has 0 unspecified atom stereocenters. The van der Waals surface area contributed by atoms with Crippen LogP contribution >= 0.6 is 0 Å². The molecule has 1 rings (SSSR count). The van der Waals surface area contributed by atoms with Gasteiger partial charge in [0.25, 0.3) is 5.91 Å². The summed E-state index contributed by atoms with van der Waals surface area (Å²) in [6.07, 6.45) is -4.60. The van der Waals surface area contributed by atoms with Gasteiger partial charge in [-0.25, -0.2) is 4.39 Å². The number of aliphatic hydroxyl groups excluding tert-OH is 1. The molecule has 0 heterocycles. The zero-order valence-corrected chi connectivity index (χ0v) is 10.7. The number of aliphatic hydroxyl groups is 1. The quantitative estimate of drug-likeness (QED) is 0.815. The molecular formula is C12H14F4N2O2. The van der Waals surface area contributed by atoms with Gasteiger partial charge in [0.05, 0.1) is 17.9 Å². The second-order valence-electron chi connectivity index (χ2n) is 3.98. The minimum absolute atomic E-state index is 0.178. The van der Waals surface area contributed by atoms with E-state index in [0.29, 0.717) is 4.90 Å². The molecule has 0 aliphatic heterocycles. The van der Waals surface area contributed by atoms with Gasteiger partial charge in [-0.2, -0.15) is 13.2 Å². The van der Waals surface area contributed by atoms with E-state index in [1.165, 1.54) is 19.2 Å². The normalized spacial score (nSPS) is 11.3. The molecule has 112 valence electrons. The molecule has 8 heteroatoms. The van der Waals surface area contributed by atoms with E-state index < -0.39 is 37.6 Å². The fourth-order valence-corrected chi connectivity index (χ4v) is 1.72. The summed E-state index contributed by atoms with van der Waals surface area (Å²) in [6, 6.07) is 3.54. The number of benzene rings is 1. The van der Waals surface area contributed by atoms with Gasteiger partial charge < -0.3 is 15.3 Å². The summed E-state index contributed by atoms with van der Waals surface area (Å²) in [5.74, 6) is -1.74. The zero-order chi connectivity index (χ0) is 15.3. The summed E-state index contributed by atoms with van der Waals surface area (Å²) in [4.78, 5) is 12.5. The zero-order valence-electron chi connectivity index (χ0n) is 10.7. The lowest BCUT2D eigenvalue weighted by atomic mass is 10.1. The van der Waals surface area contributed by atoms with Crippen molar-refractivity contribution in [2.24, 2.45) is 0 Å². The standard InChI is InChI=1S/C12H14F4N2O2/c1-17-10-8(3-2-4-9(10)13)11(20)18(5-6-19)7-12(14,15)16/h2-4,17,19H,5-7H2,1H3. The Bertz CT molecular complexity index is 477. The van der Waals surface area contributed by atoms with Crippen LogP contribution in [0.2, 0.25) is 0 Å². The summed E-state index contributed by atoms with van der Waals surface area (Å²) < 4.78 is 50.7. The maximum Gasteiger partial charge on any atom is 0.406 e. The lowest BCUT2D eigenvalue weighted by molar-refractivity contribution is -0.141. The van der Waals surface area contributed by atoms with Crippen LogP contribution in [0.3, 0.4) is 0 Å². The molecule has 0 saturated carbocycles. The highest BCUT2D eigenvalue weighted by atomic mass is 19.4. The van der Waals surface area contributed by atoms with Crippen LogP contribution in [-0.2, 0) is 0 Å². The summed E-state index contributed by atoms with van der Waals surface area (Å²) in [7, 11) is 1.36. The third-order valence-corrected chi connectivity index (χ3v) is 2.52. The molecule has 20 heavy (non-hydrogen) atoms. The van der Waals surface area contributed by atoms with E-state index in [9.17, 15) is 22.4 Å². The van der Waals surface area contributed by atoms with Gasteiger partial charge in [-0.1, -0.05) is 6.07 Å². The van der Waals surface area contributed by atoms with Crippen LogP contribution in [0.25, 0.3) is 0 Å². The number of para-hydroxylation sites is 1. The number of nitrogens with one attached hydrogen (secondary N) is 1. The van der Waals surface area contributed by atoms with Crippen LogP contribution in [0, 0.1) is 5.82 Å². The van der Waals surface area contributed by atoms with Crippen LogP contribution < -0.4 is 5.32 Å². The summed E-state index contributed by atoms with van der Waals surface area (Å²) in [6.45, 7) is -2.61. The minimum atomic E-state index is -4.60. The van der Waals surface area contributed by atoms with Crippen molar-refractivity contribution in [1.29, 1.82) is 0 Å². The van der Waals surface area contributed by atoms with Crippen LogP contribution in [0.15, 0.2) is 18.2 Å². The number of anilines is 1. The molecule has 0 aliphatic carbocycles. The summed E-state index contributed by atoms with van der Waals surface area (Å²) in [5.41, 5.74) is -0.396. The number of halogens is 4. The predicted octanol–water partition coefficient (Wildman–Crippen LogP) is 1.86. The average Bonchev–Trinajstić information content (AvgIpc) is 2.35. The summed E-state index contributed by atoms with van der Waals surface area (Å²) in [5, 5.41) is 11.2. The molecule has 2 N–H and O–H groups in total. The Morgan fingerprint density at radius 2 is 2.05 bits per heavy atom. The predicted molar refractivity (Wildman–Crippen MR) is 65.0 cm³/mol. The molecule has 0 spiro atoms. The highest BCUT2D eigenvalue weighted by Gasteiger charge is 2.33. The number of hydrogen-bond acceptors (Lipinski definition) is 3. The largest absolute Gasteiger partial charge is 0.406 e. The number of hydrogen-bond donors (Lipinski definition) is 2. The lowest BCUT2D eigenvalue weighted by Gasteiger charge is -2.24. The molecule has 1 aromatic carbocycles. The van der Waals surface area contributed by atoms with Crippen molar-refractivity contribution in [3.63, 3.8) is 0 Å². The second-order valence-corrected chi connectivity index (χ2v) is 3.98. The molecule has 0 aliphatic rings. The highest BCUT2D eigenvalue weighted by molar-refractivity contribution is 5.99. The van der Waals surface area contributed by atoms with E-state index in [1.54, 1.807) is 0 Å². The number of amides is 1. The SMILES string of the molecule is CNc1c(F)cccc1C(=O)N(CCO)CC(F)(F)F. The molecule has 4 nitrogen and oxygen atoms in total. The molecule has 0 fully saturated rings. The van der Waals surface area contributed by atoms with Crippen molar-refractivity contribution >= 4 is 11.6 Å². The number of alkyl halides is 3. The van der Waals surface area contributed by atoms with Crippen LogP contribution in [0.1, 0.15) is 10.4 Å². The second kappa shape index (κ2) is 6.56. The average molecular weight is 294 g/mol. The van der Waals surface area contributed by atoms with Crippen molar-refractivity contribution in [2.75, 3.05) is 32.1 Å². The number of rotatable bonds is 5. The van der Waals surface area contributed by atoms with Gasteiger partial charge in [0.2, 0.25) is 0 Å². The Labute approximate surface area is 113 Å². The Morgan fingerprint density at radius 3 is 2.55 bits per heavy atom. The summed E-state index contributed by atoms with van der Waals surface area (Å²) >= 11 is 0. The van der Waals surface area contributed by atoms with E-state index in [0.717, 1.165) is 6.07 Å². The lowest BCUT2D eigenvalue weighted by Crippen LogP contribution is -2.41. The molecule has 1 aromatic rings. The first kappa shape index (κ1) is 16.2. The smallest absolute Gasteiger partial charge is 0.395 e. The van der Waals surface area contributed by atoms with Gasteiger partial charge in [-0.05, 0) is 12.1 Å². The third kappa shape index (κ3) is 4.09. The first-order chi connectivity index (χ1) is 9.30. The molecule has 0 aromatic heterocycles. The topological polar surface area (TPSA) is 52.6 Å². The van der Waals surface area contributed by atoms with Crippen molar-refractivity contribution in [3.05, 3.63) is 29.6 Å². The minimum Gasteiger partial charge on any atom is -0.395 e. The van der Waals surface area contributed by atoms with Crippen LogP contribution in [0.5, 0.6) is 0 Å². The van der Waals surface area contributed by atoms with Crippen molar-refractivity contribution < 1.29 is 27.5 Å². The number of carbonyl (C=O) groups excluding carboxylic acids is 1. The number of nitrogens with zero attached hydrogens (tertiary/aromatic N) is 1. The Kier molecular flexibility index (Phi) is 5.32. The molecular weight excluding hydrogens is 280 g/mol. The maximum absolute atomic E-state index is 13.5. The monoisotopic (exact) mass is 294 g/mol.